The van der Waals surface area contributed by atoms with E-state index in [0.717, 1.165) is 48.8 Å². The van der Waals surface area contributed by atoms with Gasteiger partial charge >= 0.3 is 0 Å². The van der Waals surface area contributed by atoms with Crippen molar-refractivity contribution in [3.63, 3.8) is 0 Å². The van der Waals surface area contributed by atoms with Crippen LogP contribution in [-0.2, 0) is 52.9 Å². The molecule has 6 amide bonds. The Bertz CT molecular complexity index is 1980. The highest BCUT2D eigenvalue weighted by Gasteiger charge is 2.43. The SMILES string of the molecule is CC(=O)N[C@@H](Cc1ccccc1)C(=O)N[C@H]1CCCNC(=O)[C@H](CCCN=C(N)N)CC(=O)[C@@H]2Cc3ccccc3CN2C(=O)[C@@H](CC2CCCCC2)NC(=O)[C@@H]2CCCN2C1=O. The van der Waals surface area contributed by atoms with Crippen LogP contribution in [0.25, 0.3) is 0 Å². The molecule has 340 valence electrons. The molecule has 1 saturated carbocycles. The Balaban J connectivity index is 1.33. The molecule has 1 aliphatic carbocycles. The number of hydrogen-bond acceptors (Lipinski definition) is 8. The Labute approximate surface area is 370 Å². The number of nitrogens with one attached hydrogen (secondary N) is 4. The average molecular weight is 868 g/mol. The molecule has 0 aromatic heterocycles. The van der Waals surface area contributed by atoms with Gasteiger partial charge in [-0.1, -0.05) is 86.7 Å². The van der Waals surface area contributed by atoms with Crippen molar-refractivity contribution in [2.45, 2.75) is 140 Å². The van der Waals surface area contributed by atoms with Gasteiger partial charge in [-0.25, -0.2) is 0 Å². The van der Waals surface area contributed by atoms with E-state index in [-0.39, 0.29) is 87.8 Å². The summed E-state index contributed by atoms with van der Waals surface area (Å²) >= 11 is 0. The van der Waals surface area contributed by atoms with E-state index in [1.807, 2.05) is 54.6 Å². The average Bonchev–Trinajstić information content (AvgIpc) is 3.77. The van der Waals surface area contributed by atoms with Crippen LogP contribution < -0.4 is 32.7 Å². The Kier molecular flexibility index (Phi) is 16.7. The summed E-state index contributed by atoms with van der Waals surface area (Å²) < 4.78 is 0. The van der Waals surface area contributed by atoms with Crippen LogP contribution in [0.4, 0.5) is 0 Å². The highest BCUT2D eigenvalue weighted by molar-refractivity contribution is 5.98. The van der Waals surface area contributed by atoms with Crippen molar-refractivity contribution >= 4 is 47.2 Å². The van der Waals surface area contributed by atoms with Crippen LogP contribution in [0, 0.1) is 11.8 Å². The zero-order valence-corrected chi connectivity index (χ0v) is 36.5. The molecule has 16 heteroatoms. The number of Topliss-reactive ketones (excluding diaryl/α,β-unsaturated/α-hetero) is 1. The predicted molar refractivity (Wildman–Crippen MR) is 237 cm³/mol. The zero-order chi connectivity index (χ0) is 44.9. The molecule has 6 atom stereocenters. The number of amides is 6. The third-order valence-corrected chi connectivity index (χ3v) is 13.0. The summed E-state index contributed by atoms with van der Waals surface area (Å²) in [5, 5.41) is 11.7. The molecule has 2 aromatic carbocycles. The number of rotatable bonds is 11. The lowest BCUT2D eigenvalue weighted by molar-refractivity contribution is -0.146. The van der Waals surface area contributed by atoms with E-state index in [0.29, 0.717) is 32.1 Å². The molecule has 0 spiro atoms. The quantitative estimate of drug-likeness (QED) is 0.110. The van der Waals surface area contributed by atoms with Gasteiger partial charge in [0.25, 0.3) is 0 Å². The van der Waals surface area contributed by atoms with Crippen molar-refractivity contribution in [3.8, 4) is 0 Å². The molecular weight excluding hydrogens is 803 g/mol. The topological polar surface area (TPSA) is 238 Å². The molecular formula is C47H65N9O7. The van der Waals surface area contributed by atoms with Gasteiger partial charge in [-0.3, -0.25) is 38.6 Å². The van der Waals surface area contributed by atoms with E-state index in [1.165, 1.54) is 11.8 Å². The fourth-order valence-corrected chi connectivity index (χ4v) is 9.74. The second kappa shape index (κ2) is 22.5. The van der Waals surface area contributed by atoms with Crippen LogP contribution in [-0.4, -0.2) is 107 Å². The summed E-state index contributed by atoms with van der Waals surface area (Å²) in [6, 6.07) is 12.1. The molecule has 3 heterocycles. The number of guanidine groups is 1. The monoisotopic (exact) mass is 868 g/mol. The predicted octanol–water partition coefficient (Wildman–Crippen LogP) is 2.16. The third-order valence-electron chi connectivity index (χ3n) is 13.0. The van der Waals surface area contributed by atoms with Crippen molar-refractivity contribution in [3.05, 3.63) is 71.3 Å². The maximum Gasteiger partial charge on any atom is 0.246 e. The summed E-state index contributed by atoms with van der Waals surface area (Å²) in [5.74, 6) is -3.51. The molecule has 8 N–H and O–H groups in total. The molecule has 63 heavy (non-hydrogen) atoms. The van der Waals surface area contributed by atoms with Gasteiger partial charge in [-0.15, -0.1) is 0 Å². The Morgan fingerprint density at radius 1 is 0.810 bits per heavy atom. The number of aliphatic imine (C=N–C) groups is 1. The van der Waals surface area contributed by atoms with E-state index in [1.54, 1.807) is 4.90 Å². The van der Waals surface area contributed by atoms with E-state index in [2.05, 4.69) is 26.3 Å². The van der Waals surface area contributed by atoms with Gasteiger partial charge in [0.05, 0.1) is 6.04 Å². The maximum atomic E-state index is 15.1. The van der Waals surface area contributed by atoms with Gasteiger partial charge in [0.2, 0.25) is 35.4 Å². The molecule has 0 bridgehead atoms. The molecule has 2 aromatic rings. The summed E-state index contributed by atoms with van der Waals surface area (Å²) in [6.07, 6.45) is 7.72. The first-order valence-corrected chi connectivity index (χ1v) is 22.8. The first kappa shape index (κ1) is 46.7. The van der Waals surface area contributed by atoms with Crippen LogP contribution in [0.3, 0.4) is 0 Å². The second-order valence-electron chi connectivity index (χ2n) is 17.7. The number of fused-ring (bicyclic) bond motifs is 3. The van der Waals surface area contributed by atoms with Crippen LogP contribution in [0.1, 0.15) is 107 Å². The largest absolute Gasteiger partial charge is 0.370 e. The number of hydrogen-bond donors (Lipinski definition) is 6. The van der Waals surface area contributed by atoms with Gasteiger partial charge in [-0.05, 0) is 67.6 Å². The standard InChI is InChI=1S/C47H65N9O7/c1-30(57)52-37(25-31-13-4-2-5-14-31)43(60)53-36-20-11-22-50-42(59)34(19-10-23-51-47(48)49)28-41(58)40-27-33-17-8-9-18-35(33)29-56(40)46(63)38(26-32-15-6-3-7-16-32)54-44(61)39-21-12-24-55(39)45(36)62/h2,4-5,8-9,13-14,17-18,32,34,36-40H,3,6-7,10-12,15-16,19-29H2,1H3,(H,50,59)(H,52,57)(H,53,60)(H,54,61)(H4,48,49,51)/t34-,36+,37+,38-,39+,40+/m1/s1. The summed E-state index contributed by atoms with van der Waals surface area (Å²) in [7, 11) is 0. The van der Waals surface area contributed by atoms with Gasteiger partial charge in [0.1, 0.15) is 24.2 Å². The molecule has 6 rings (SSSR count). The third kappa shape index (κ3) is 12.9. The molecule has 0 radical (unpaired) electrons. The van der Waals surface area contributed by atoms with Gasteiger partial charge in [0, 0.05) is 58.3 Å². The first-order chi connectivity index (χ1) is 30.4. The highest BCUT2D eigenvalue weighted by Crippen LogP contribution is 2.31. The molecule has 4 aliphatic rings. The fourth-order valence-electron chi connectivity index (χ4n) is 9.74. The molecule has 2 saturated heterocycles. The smallest absolute Gasteiger partial charge is 0.246 e. The number of nitrogens with two attached hydrogens (primary N) is 2. The van der Waals surface area contributed by atoms with Crippen molar-refractivity contribution in [1.82, 2.24) is 31.1 Å². The molecule has 3 aliphatic heterocycles. The number of nitrogens with zero attached hydrogens (tertiary/aromatic N) is 3. The van der Waals surface area contributed by atoms with Crippen LogP contribution in [0.2, 0.25) is 0 Å². The first-order valence-electron chi connectivity index (χ1n) is 22.8. The van der Waals surface area contributed by atoms with Crippen LogP contribution in [0.15, 0.2) is 59.6 Å². The fraction of sp³-hybridized carbons (Fsp3) is 0.574. The lowest BCUT2D eigenvalue weighted by Crippen LogP contribution is -2.60. The normalized spacial score (nSPS) is 24.7. The number of benzene rings is 2. The van der Waals surface area contributed by atoms with Crippen LogP contribution >= 0.6 is 0 Å². The van der Waals surface area contributed by atoms with E-state index in [9.17, 15) is 28.8 Å². The van der Waals surface area contributed by atoms with Crippen molar-refractivity contribution in [2.24, 2.45) is 28.3 Å². The summed E-state index contributed by atoms with van der Waals surface area (Å²) in [4.78, 5) is 106. The minimum atomic E-state index is -1.10. The number of carbonyl (C=O) groups excluding carboxylic acids is 7. The van der Waals surface area contributed by atoms with E-state index in [4.69, 9.17) is 11.5 Å². The Hall–Kier alpha value is -5.80. The summed E-state index contributed by atoms with van der Waals surface area (Å²) in [5.41, 5.74) is 13.8. The highest BCUT2D eigenvalue weighted by atomic mass is 16.2. The van der Waals surface area contributed by atoms with Gasteiger partial charge in [0.15, 0.2) is 11.7 Å². The maximum absolute atomic E-state index is 15.1. The molecule has 0 unspecified atom stereocenters. The molecule has 16 nitrogen and oxygen atoms in total. The summed E-state index contributed by atoms with van der Waals surface area (Å²) in [6.45, 7) is 2.14. The Morgan fingerprint density at radius 2 is 1.54 bits per heavy atom. The van der Waals surface area contributed by atoms with Gasteiger partial charge < -0.3 is 42.5 Å². The minimum Gasteiger partial charge on any atom is -0.370 e. The molecule has 3 fully saturated rings. The zero-order valence-electron chi connectivity index (χ0n) is 36.5. The van der Waals surface area contributed by atoms with Crippen molar-refractivity contribution in [1.29, 1.82) is 0 Å². The minimum absolute atomic E-state index is 0.0787. The number of carbonyl (C=O) groups is 7. The van der Waals surface area contributed by atoms with Crippen molar-refractivity contribution < 1.29 is 33.6 Å². The Morgan fingerprint density at radius 3 is 2.27 bits per heavy atom. The van der Waals surface area contributed by atoms with Gasteiger partial charge in [-0.2, -0.15) is 0 Å². The lowest BCUT2D eigenvalue weighted by Gasteiger charge is -2.40. The lowest BCUT2D eigenvalue weighted by atomic mass is 9.83. The van der Waals surface area contributed by atoms with Crippen molar-refractivity contribution in [2.75, 3.05) is 19.6 Å². The van der Waals surface area contributed by atoms with E-state index >= 15 is 4.79 Å². The van der Waals surface area contributed by atoms with E-state index < -0.39 is 59.8 Å². The second-order valence-corrected chi connectivity index (χ2v) is 17.7. The number of ketones is 1. The van der Waals surface area contributed by atoms with Crippen LogP contribution in [0.5, 0.6) is 0 Å².